The van der Waals surface area contributed by atoms with Gasteiger partial charge in [0.2, 0.25) is 4.96 Å². The molecule has 8 heteroatoms. The first-order valence-corrected chi connectivity index (χ1v) is 13.5. The van der Waals surface area contributed by atoms with E-state index in [9.17, 15) is 4.79 Å². The summed E-state index contributed by atoms with van der Waals surface area (Å²) in [7, 11) is 0. The first kappa shape index (κ1) is 25.2. The Hall–Kier alpha value is -5.08. The van der Waals surface area contributed by atoms with Crippen LogP contribution in [0.4, 0.5) is 0 Å². The summed E-state index contributed by atoms with van der Waals surface area (Å²) in [5, 5.41) is 9.33. The molecular weight excluding hydrogens is 518 g/mol. The van der Waals surface area contributed by atoms with E-state index in [0.29, 0.717) is 21.9 Å². The second kappa shape index (κ2) is 11.0. The number of ether oxygens (including phenoxy) is 1. The molecule has 6 aromatic rings. The van der Waals surface area contributed by atoms with Crippen LogP contribution in [0.1, 0.15) is 22.5 Å². The van der Waals surface area contributed by atoms with E-state index in [2.05, 4.69) is 16.7 Å². The lowest BCUT2D eigenvalue weighted by Gasteiger charge is -2.08. The zero-order valence-electron chi connectivity index (χ0n) is 21.8. The van der Waals surface area contributed by atoms with Gasteiger partial charge in [-0.3, -0.25) is 4.79 Å². The number of benzene rings is 3. The summed E-state index contributed by atoms with van der Waals surface area (Å²) in [4.78, 5) is 18.4. The second-order valence-corrected chi connectivity index (χ2v) is 10.1. The number of hydrogen-bond donors (Lipinski definition) is 0. The van der Waals surface area contributed by atoms with E-state index < -0.39 is 0 Å². The van der Waals surface area contributed by atoms with E-state index in [-0.39, 0.29) is 5.56 Å². The molecule has 0 aliphatic rings. The summed E-state index contributed by atoms with van der Waals surface area (Å²) >= 11 is 1.31. The van der Waals surface area contributed by atoms with Crippen LogP contribution in [0.2, 0.25) is 0 Å². The van der Waals surface area contributed by atoms with Crippen molar-refractivity contribution in [2.45, 2.75) is 6.92 Å². The smallest absolute Gasteiger partial charge is 0.291 e. The van der Waals surface area contributed by atoms with Crippen LogP contribution in [-0.4, -0.2) is 31.0 Å². The molecular formula is C32H25N5O2S. The van der Waals surface area contributed by atoms with Gasteiger partial charge in [-0.25, -0.2) is 4.68 Å². The van der Waals surface area contributed by atoms with Gasteiger partial charge in [-0.1, -0.05) is 78.6 Å². The predicted octanol–water partition coefficient (Wildman–Crippen LogP) is 5.60. The SMILES string of the molecule is C=CCOc1ccc(-c2nn(-c3ccccc3)cc2C=c2sc3nc(C=Cc4ccccc4)nn3c2=O)cc1C. The molecule has 0 aliphatic carbocycles. The largest absolute Gasteiger partial charge is 0.489 e. The van der Waals surface area contributed by atoms with Crippen molar-refractivity contribution in [1.29, 1.82) is 0 Å². The molecule has 0 unspecified atom stereocenters. The minimum absolute atomic E-state index is 0.213. The monoisotopic (exact) mass is 543 g/mol. The van der Waals surface area contributed by atoms with Crippen LogP contribution in [0.3, 0.4) is 0 Å². The first-order chi connectivity index (χ1) is 19.6. The van der Waals surface area contributed by atoms with Gasteiger partial charge in [-0.2, -0.15) is 14.6 Å². The third-order valence-electron chi connectivity index (χ3n) is 6.28. The highest BCUT2D eigenvalue weighted by Gasteiger charge is 2.15. The maximum atomic E-state index is 13.3. The molecule has 0 fully saturated rings. The van der Waals surface area contributed by atoms with Gasteiger partial charge >= 0.3 is 0 Å². The molecule has 3 heterocycles. The Bertz CT molecular complexity index is 1950. The Morgan fingerprint density at radius 1 is 0.975 bits per heavy atom. The fourth-order valence-electron chi connectivity index (χ4n) is 4.33. The third kappa shape index (κ3) is 5.12. The molecule has 3 aromatic heterocycles. The van der Waals surface area contributed by atoms with Crippen molar-refractivity contribution in [2.75, 3.05) is 6.61 Å². The lowest BCUT2D eigenvalue weighted by Crippen LogP contribution is -2.23. The quantitative estimate of drug-likeness (QED) is 0.234. The molecule has 0 bridgehead atoms. The van der Waals surface area contributed by atoms with Crippen LogP contribution in [-0.2, 0) is 0 Å². The van der Waals surface area contributed by atoms with Crippen LogP contribution in [0.15, 0.2) is 103 Å². The van der Waals surface area contributed by atoms with Crippen molar-refractivity contribution < 1.29 is 4.74 Å². The highest BCUT2D eigenvalue weighted by Crippen LogP contribution is 2.29. The molecule has 0 saturated carbocycles. The fourth-order valence-corrected chi connectivity index (χ4v) is 5.24. The van der Waals surface area contributed by atoms with Crippen LogP contribution in [0, 0.1) is 6.92 Å². The molecule has 7 nitrogen and oxygen atoms in total. The summed E-state index contributed by atoms with van der Waals surface area (Å²) in [5.74, 6) is 1.28. The van der Waals surface area contributed by atoms with Gasteiger partial charge < -0.3 is 4.74 Å². The van der Waals surface area contributed by atoms with E-state index in [1.54, 1.807) is 6.08 Å². The second-order valence-electron chi connectivity index (χ2n) is 9.12. The zero-order chi connectivity index (χ0) is 27.5. The number of aromatic nitrogens is 5. The van der Waals surface area contributed by atoms with Crippen molar-refractivity contribution in [3.63, 3.8) is 0 Å². The molecule has 196 valence electrons. The highest BCUT2D eigenvalue weighted by atomic mass is 32.1. The van der Waals surface area contributed by atoms with Crippen LogP contribution < -0.4 is 14.8 Å². The normalized spacial score (nSPS) is 12.0. The molecule has 3 aromatic carbocycles. The number of aryl methyl sites for hydroxylation is 1. The molecule has 0 atom stereocenters. The number of nitrogens with zero attached hydrogens (tertiary/aromatic N) is 5. The van der Waals surface area contributed by atoms with Crippen molar-refractivity contribution in [2.24, 2.45) is 0 Å². The average Bonchev–Trinajstić information content (AvgIpc) is 3.67. The van der Waals surface area contributed by atoms with Gasteiger partial charge in [0.1, 0.15) is 18.1 Å². The number of fused-ring (bicyclic) bond motifs is 1. The highest BCUT2D eigenvalue weighted by molar-refractivity contribution is 7.15. The topological polar surface area (TPSA) is 74.3 Å². The van der Waals surface area contributed by atoms with Gasteiger partial charge in [0, 0.05) is 17.3 Å². The molecule has 40 heavy (non-hydrogen) atoms. The summed E-state index contributed by atoms with van der Waals surface area (Å²) in [6, 6.07) is 25.7. The third-order valence-corrected chi connectivity index (χ3v) is 7.24. The maximum Gasteiger partial charge on any atom is 0.291 e. The Morgan fingerprint density at radius 3 is 2.48 bits per heavy atom. The summed E-state index contributed by atoms with van der Waals surface area (Å²) in [5.41, 5.74) is 5.22. The van der Waals surface area contributed by atoms with Crippen molar-refractivity contribution in [1.82, 2.24) is 24.4 Å². The van der Waals surface area contributed by atoms with E-state index in [1.165, 1.54) is 15.9 Å². The van der Waals surface area contributed by atoms with Crippen molar-refractivity contribution in [3.8, 4) is 22.7 Å². The van der Waals surface area contributed by atoms with Gasteiger partial charge in [0.05, 0.1) is 10.2 Å². The Balaban J connectivity index is 1.41. The Morgan fingerprint density at radius 2 is 1.75 bits per heavy atom. The molecule has 0 N–H and O–H groups in total. The van der Waals surface area contributed by atoms with Crippen molar-refractivity contribution in [3.05, 3.63) is 135 Å². The van der Waals surface area contributed by atoms with Gasteiger partial charge in [0.15, 0.2) is 5.82 Å². The van der Waals surface area contributed by atoms with E-state index in [0.717, 1.165) is 39.4 Å². The number of rotatable bonds is 8. The Labute approximate surface area is 234 Å². The molecule has 6 rings (SSSR count). The first-order valence-electron chi connectivity index (χ1n) is 12.7. The van der Waals surface area contributed by atoms with Crippen molar-refractivity contribution >= 4 is 34.5 Å². The van der Waals surface area contributed by atoms with Gasteiger partial charge in [-0.05, 0) is 60.5 Å². The molecule has 0 saturated heterocycles. The molecule has 0 amide bonds. The lowest BCUT2D eigenvalue weighted by atomic mass is 10.0. The van der Waals surface area contributed by atoms with E-state index in [4.69, 9.17) is 9.84 Å². The molecule has 0 radical (unpaired) electrons. The summed E-state index contributed by atoms with van der Waals surface area (Å²) in [6.45, 7) is 6.15. The Kier molecular flexibility index (Phi) is 6.91. The van der Waals surface area contributed by atoms with Crippen LogP contribution in [0.5, 0.6) is 5.75 Å². The number of hydrogen-bond acceptors (Lipinski definition) is 6. The molecule has 0 spiro atoms. The maximum absolute atomic E-state index is 13.3. The van der Waals surface area contributed by atoms with E-state index >= 15 is 0 Å². The van der Waals surface area contributed by atoms with Gasteiger partial charge in [0.25, 0.3) is 5.56 Å². The lowest BCUT2D eigenvalue weighted by molar-refractivity contribution is 0.361. The minimum atomic E-state index is -0.213. The summed E-state index contributed by atoms with van der Waals surface area (Å²) in [6.07, 6.45) is 9.26. The summed E-state index contributed by atoms with van der Waals surface area (Å²) < 4.78 is 9.48. The minimum Gasteiger partial charge on any atom is -0.489 e. The number of para-hydroxylation sites is 1. The average molecular weight is 544 g/mol. The molecule has 0 aliphatic heterocycles. The standard InChI is InChI=1S/C32H25N5O2S/c1-3-18-39-27-16-15-24(19-22(27)2)30-25(21-36(35-30)26-12-8-5-9-13-26)20-28-31(38)37-32(40-28)33-29(34-37)17-14-23-10-6-4-7-11-23/h3-17,19-21H,1,18H2,2H3. The van der Waals surface area contributed by atoms with Crippen LogP contribution in [0.25, 0.3) is 40.1 Å². The zero-order valence-corrected chi connectivity index (χ0v) is 22.6. The van der Waals surface area contributed by atoms with Gasteiger partial charge in [-0.15, -0.1) is 5.10 Å². The fraction of sp³-hybridized carbons (Fsp3) is 0.0625. The predicted molar refractivity (Wildman–Crippen MR) is 161 cm³/mol. The van der Waals surface area contributed by atoms with E-state index in [1.807, 2.05) is 115 Å². The van der Waals surface area contributed by atoms with Crippen LogP contribution >= 0.6 is 11.3 Å². The number of thiazole rings is 1.